The Labute approximate surface area is 108 Å². The molecule has 1 rings (SSSR count). The Morgan fingerprint density at radius 2 is 2.28 bits per heavy atom. The van der Waals surface area contributed by atoms with E-state index in [9.17, 15) is 5.11 Å². The fourth-order valence-electron chi connectivity index (χ4n) is 1.65. The lowest BCUT2D eigenvalue weighted by Gasteiger charge is -2.20. The van der Waals surface area contributed by atoms with Crippen LogP contribution in [0.2, 0.25) is 0 Å². The highest BCUT2D eigenvalue weighted by Crippen LogP contribution is 2.12. The Hall–Kier alpha value is -1.57. The molecule has 0 fully saturated rings. The molecule has 1 aromatic rings. The first-order valence-electron chi connectivity index (χ1n) is 6.12. The summed E-state index contributed by atoms with van der Waals surface area (Å²) >= 11 is 0. The number of ether oxygens (including phenoxy) is 1. The van der Waals surface area contributed by atoms with Crippen molar-refractivity contribution in [3.05, 3.63) is 29.8 Å². The van der Waals surface area contributed by atoms with Crippen LogP contribution in [0.5, 0.6) is 5.75 Å². The molecule has 0 spiro atoms. The number of hydrogen-bond acceptors (Lipinski definition) is 4. The fourth-order valence-corrected chi connectivity index (χ4v) is 1.65. The van der Waals surface area contributed by atoms with Crippen molar-refractivity contribution in [1.82, 2.24) is 4.90 Å². The molecule has 0 radical (unpaired) electrons. The normalized spacial score (nSPS) is 12.2. The van der Waals surface area contributed by atoms with E-state index >= 15 is 0 Å². The van der Waals surface area contributed by atoms with Crippen molar-refractivity contribution >= 4 is 0 Å². The van der Waals surface area contributed by atoms with E-state index in [1.54, 1.807) is 0 Å². The van der Waals surface area contributed by atoms with Crippen LogP contribution < -0.4 is 4.74 Å². The van der Waals surface area contributed by atoms with Crippen LogP contribution in [0.4, 0.5) is 0 Å². The quantitative estimate of drug-likeness (QED) is 0.744. The van der Waals surface area contributed by atoms with E-state index in [-0.39, 0.29) is 6.61 Å². The standard InChI is InChI=1S/C14H20N2O2/c1-3-16(8-7-15)10-13(17)11-18-14-6-4-5-12(2)9-14/h4-6,9,13,17H,3,8,10-11H2,1-2H3. The minimum atomic E-state index is -0.584. The predicted octanol–water partition coefficient (Wildman–Crippen LogP) is 1.58. The predicted molar refractivity (Wildman–Crippen MR) is 70.4 cm³/mol. The van der Waals surface area contributed by atoms with Gasteiger partial charge in [0.2, 0.25) is 0 Å². The molecule has 4 nitrogen and oxygen atoms in total. The maximum absolute atomic E-state index is 9.83. The summed E-state index contributed by atoms with van der Waals surface area (Å²) < 4.78 is 5.51. The van der Waals surface area contributed by atoms with Crippen molar-refractivity contribution < 1.29 is 9.84 Å². The third-order valence-electron chi connectivity index (χ3n) is 2.64. The summed E-state index contributed by atoms with van der Waals surface area (Å²) in [4.78, 5) is 1.88. The van der Waals surface area contributed by atoms with Crippen molar-refractivity contribution in [2.45, 2.75) is 20.0 Å². The molecule has 0 saturated carbocycles. The molecular formula is C14H20N2O2. The van der Waals surface area contributed by atoms with Crippen LogP contribution in [0.3, 0.4) is 0 Å². The molecule has 18 heavy (non-hydrogen) atoms. The van der Waals surface area contributed by atoms with Crippen LogP contribution in [0.15, 0.2) is 24.3 Å². The first-order chi connectivity index (χ1) is 8.65. The van der Waals surface area contributed by atoms with Gasteiger partial charge in [-0.3, -0.25) is 4.90 Å². The van der Waals surface area contributed by atoms with Crippen LogP contribution in [0.25, 0.3) is 0 Å². The van der Waals surface area contributed by atoms with Gasteiger partial charge >= 0.3 is 0 Å². The summed E-state index contributed by atoms with van der Waals surface area (Å²) in [5.74, 6) is 0.761. The highest BCUT2D eigenvalue weighted by Gasteiger charge is 2.10. The van der Waals surface area contributed by atoms with E-state index in [2.05, 4.69) is 6.07 Å². The zero-order valence-corrected chi connectivity index (χ0v) is 11.0. The molecule has 0 amide bonds. The van der Waals surface area contributed by atoms with Crippen LogP contribution in [-0.2, 0) is 0 Å². The molecule has 0 bridgehead atoms. The first-order valence-corrected chi connectivity index (χ1v) is 6.12. The van der Waals surface area contributed by atoms with E-state index < -0.39 is 6.10 Å². The lowest BCUT2D eigenvalue weighted by molar-refractivity contribution is 0.0740. The van der Waals surface area contributed by atoms with E-state index in [1.807, 2.05) is 43.0 Å². The second-order valence-electron chi connectivity index (χ2n) is 4.27. The first kappa shape index (κ1) is 14.5. The maximum Gasteiger partial charge on any atom is 0.119 e. The number of aliphatic hydroxyl groups excluding tert-OH is 1. The summed E-state index contributed by atoms with van der Waals surface area (Å²) in [7, 11) is 0. The van der Waals surface area contributed by atoms with Crippen LogP contribution in [-0.4, -0.2) is 42.4 Å². The number of rotatable bonds is 7. The van der Waals surface area contributed by atoms with Gasteiger partial charge < -0.3 is 9.84 Å². The van der Waals surface area contributed by atoms with Crippen LogP contribution in [0, 0.1) is 18.3 Å². The molecule has 0 aliphatic carbocycles. The average molecular weight is 248 g/mol. The number of nitriles is 1. The smallest absolute Gasteiger partial charge is 0.119 e. The minimum absolute atomic E-state index is 0.241. The molecule has 0 aliphatic rings. The van der Waals surface area contributed by atoms with Gasteiger partial charge in [-0.1, -0.05) is 19.1 Å². The van der Waals surface area contributed by atoms with Crippen LogP contribution in [0.1, 0.15) is 12.5 Å². The third kappa shape index (κ3) is 5.17. The second-order valence-corrected chi connectivity index (χ2v) is 4.27. The molecule has 0 aromatic heterocycles. The third-order valence-corrected chi connectivity index (χ3v) is 2.64. The van der Waals surface area contributed by atoms with Crippen molar-refractivity contribution in [3.8, 4) is 11.8 Å². The summed E-state index contributed by atoms with van der Waals surface area (Å²) in [6.45, 7) is 5.73. The molecule has 1 N–H and O–H groups in total. The Morgan fingerprint density at radius 3 is 2.89 bits per heavy atom. The van der Waals surface area contributed by atoms with Gasteiger partial charge in [-0.05, 0) is 31.2 Å². The van der Waals surface area contributed by atoms with Crippen LogP contribution >= 0.6 is 0 Å². The minimum Gasteiger partial charge on any atom is -0.491 e. The highest BCUT2D eigenvalue weighted by molar-refractivity contribution is 5.27. The number of hydrogen-bond donors (Lipinski definition) is 1. The lowest BCUT2D eigenvalue weighted by atomic mass is 10.2. The molecule has 0 heterocycles. The summed E-state index contributed by atoms with van der Waals surface area (Å²) in [5.41, 5.74) is 1.13. The molecule has 1 atom stereocenters. The molecule has 98 valence electrons. The Morgan fingerprint density at radius 1 is 1.50 bits per heavy atom. The number of nitrogens with zero attached hydrogens (tertiary/aromatic N) is 2. The maximum atomic E-state index is 9.83. The van der Waals surface area contributed by atoms with Gasteiger partial charge in [0.25, 0.3) is 0 Å². The molecule has 1 aromatic carbocycles. The van der Waals surface area contributed by atoms with E-state index in [1.165, 1.54) is 0 Å². The number of aliphatic hydroxyl groups is 1. The number of aryl methyl sites for hydroxylation is 1. The topological polar surface area (TPSA) is 56.5 Å². The zero-order chi connectivity index (χ0) is 13.4. The summed E-state index contributed by atoms with van der Waals surface area (Å²) in [5, 5.41) is 18.4. The summed E-state index contributed by atoms with van der Waals surface area (Å²) in [6, 6.07) is 9.79. The van der Waals surface area contributed by atoms with Gasteiger partial charge in [0.05, 0.1) is 12.6 Å². The molecule has 0 saturated heterocycles. The van der Waals surface area contributed by atoms with E-state index in [4.69, 9.17) is 10.00 Å². The van der Waals surface area contributed by atoms with Gasteiger partial charge in [-0.25, -0.2) is 0 Å². The molecule has 4 heteroatoms. The largest absolute Gasteiger partial charge is 0.491 e. The monoisotopic (exact) mass is 248 g/mol. The lowest BCUT2D eigenvalue weighted by Crippen LogP contribution is -2.35. The SMILES string of the molecule is CCN(CC#N)CC(O)COc1cccc(C)c1. The van der Waals surface area contributed by atoms with Crippen molar-refractivity contribution in [1.29, 1.82) is 5.26 Å². The second kappa shape index (κ2) is 7.70. The zero-order valence-electron chi connectivity index (χ0n) is 11.0. The van der Waals surface area contributed by atoms with Gasteiger partial charge in [0.15, 0.2) is 0 Å². The Bertz CT molecular complexity index is 401. The number of benzene rings is 1. The highest BCUT2D eigenvalue weighted by atomic mass is 16.5. The fraction of sp³-hybridized carbons (Fsp3) is 0.500. The van der Waals surface area contributed by atoms with Gasteiger partial charge in [-0.2, -0.15) is 5.26 Å². The Kier molecular flexibility index (Phi) is 6.20. The summed E-state index contributed by atoms with van der Waals surface area (Å²) in [6.07, 6.45) is -0.584. The van der Waals surface area contributed by atoms with Crippen molar-refractivity contribution in [2.75, 3.05) is 26.2 Å². The van der Waals surface area contributed by atoms with Gasteiger partial charge in [0.1, 0.15) is 18.5 Å². The number of likely N-dealkylation sites (N-methyl/N-ethyl adjacent to an activating group) is 1. The van der Waals surface area contributed by atoms with E-state index in [0.29, 0.717) is 13.1 Å². The van der Waals surface area contributed by atoms with Gasteiger partial charge in [-0.15, -0.1) is 0 Å². The Balaban J connectivity index is 2.37. The van der Waals surface area contributed by atoms with Gasteiger partial charge in [0, 0.05) is 6.54 Å². The van der Waals surface area contributed by atoms with Crippen molar-refractivity contribution in [2.24, 2.45) is 0 Å². The molecule has 0 aliphatic heterocycles. The van der Waals surface area contributed by atoms with Crippen molar-refractivity contribution in [3.63, 3.8) is 0 Å². The molecular weight excluding hydrogens is 228 g/mol. The van der Waals surface area contributed by atoms with E-state index in [0.717, 1.165) is 17.9 Å². The average Bonchev–Trinajstić information content (AvgIpc) is 2.36. The molecule has 1 unspecified atom stereocenters.